The second-order valence-corrected chi connectivity index (χ2v) is 5.80. The van der Waals surface area contributed by atoms with Crippen molar-refractivity contribution in [2.45, 2.75) is 39.4 Å². The lowest BCUT2D eigenvalue weighted by Gasteiger charge is -2.04. The molecule has 6 nitrogen and oxygen atoms in total. The fraction of sp³-hybridized carbons (Fsp3) is 0.286. The maximum atomic E-state index is 11.3. The van der Waals surface area contributed by atoms with Crippen molar-refractivity contribution in [3.63, 3.8) is 0 Å². The highest BCUT2D eigenvalue weighted by Gasteiger charge is 2.04. The first-order valence-electron chi connectivity index (χ1n) is 8.62. The van der Waals surface area contributed by atoms with Crippen molar-refractivity contribution in [1.82, 2.24) is 0 Å². The molecule has 2 aromatic rings. The van der Waals surface area contributed by atoms with E-state index in [2.05, 4.69) is 4.74 Å². The molecule has 0 aliphatic carbocycles. The third-order valence-corrected chi connectivity index (χ3v) is 3.38. The van der Waals surface area contributed by atoms with Crippen molar-refractivity contribution in [2.24, 2.45) is 5.73 Å². The first-order valence-corrected chi connectivity index (χ1v) is 8.62. The molecule has 0 spiro atoms. The zero-order valence-corrected chi connectivity index (χ0v) is 15.4. The molecular weight excluding hydrogens is 346 g/mol. The van der Waals surface area contributed by atoms with E-state index in [1.807, 2.05) is 60.7 Å². The van der Waals surface area contributed by atoms with E-state index in [-0.39, 0.29) is 18.4 Å². The summed E-state index contributed by atoms with van der Waals surface area (Å²) in [7, 11) is 0. The van der Waals surface area contributed by atoms with Gasteiger partial charge in [-0.25, -0.2) is 4.79 Å². The van der Waals surface area contributed by atoms with Crippen LogP contribution >= 0.6 is 0 Å². The van der Waals surface area contributed by atoms with Crippen LogP contribution < -0.4 is 5.73 Å². The number of primary amides is 1. The van der Waals surface area contributed by atoms with E-state index in [1.54, 1.807) is 0 Å². The molecule has 144 valence electrons. The number of nitrogens with two attached hydrogens (primary N) is 1. The molecule has 27 heavy (non-hydrogen) atoms. The molecule has 0 fully saturated rings. The van der Waals surface area contributed by atoms with E-state index in [0.717, 1.165) is 11.1 Å². The zero-order valence-electron chi connectivity index (χ0n) is 15.4. The van der Waals surface area contributed by atoms with Gasteiger partial charge in [-0.05, 0) is 24.5 Å². The van der Waals surface area contributed by atoms with Crippen molar-refractivity contribution < 1.29 is 23.9 Å². The molecule has 0 bridgehead atoms. The molecule has 0 aliphatic heterocycles. The Hall–Kier alpha value is -3.15. The zero-order chi connectivity index (χ0) is 19.9. The van der Waals surface area contributed by atoms with Gasteiger partial charge in [0.2, 0.25) is 0 Å². The number of carbonyl (C=O) groups excluding carboxylic acids is 3. The standard InChI is InChI=1S/C13H16O3.C8H9NO2/c1-11(14)6-5-9-13(15)16-10-12-7-3-2-4-8-12;9-8(10)11-6-7-4-2-1-3-5-7/h2-4,7-8H,5-6,9-10H2,1H3;1-5H,6H2,(H2,9,10). The lowest BCUT2D eigenvalue weighted by atomic mass is 10.2. The first kappa shape index (κ1) is 21.9. The summed E-state index contributed by atoms with van der Waals surface area (Å²) in [6, 6.07) is 18.9. The summed E-state index contributed by atoms with van der Waals surface area (Å²) in [6.45, 7) is 2.07. The molecule has 2 aromatic carbocycles. The quantitative estimate of drug-likeness (QED) is 0.713. The maximum absolute atomic E-state index is 11.3. The lowest BCUT2D eigenvalue weighted by Crippen LogP contribution is -2.12. The number of hydrogen-bond donors (Lipinski definition) is 1. The minimum atomic E-state index is -0.742. The van der Waals surface area contributed by atoms with Gasteiger partial charge in [0.25, 0.3) is 0 Å². The Morgan fingerprint density at radius 1 is 0.778 bits per heavy atom. The Labute approximate surface area is 159 Å². The molecule has 0 unspecified atom stereocenters. The van der Waals surface area contributed by atoms with Crippen LogP contribution in [0.25, 0.3) is 0 Å². The van der Waals surface area contributed by atoms with Crippen LogP contribution in [0.2, 0.25) is 0 Å². The molecule has 0 aromatic heterocycles. The van der Waals surface area contributed by atoms with Gasteiger partial charge >= 0.3 is 12.1 Å². The van der Waals surface area contributed by atoms with Crippen LogP contribution in [0.5, 0.6) is 0 Å². The normalized spacial score (nSPS) is 9.52. The molecule has 1 amide bonds. The van der Waals surface area contributed by atoms with Crippen molar-refractivity contribution in [3.05, 3.63) is 71.8 Å². The van der Waals surface area contributed by atoms with Crippen LogP contribution in [0.4, 0.5) is 4.79 Å². The van der Waals surface area contributed by atoms with E-state index in [1.165, 1.54) is 6.92 Å². The summed E-state index contributed by atoms with van der Waals surface area (Å²) in [6.07, 6.45) is 0.587. The average molecular weight is 371 g/mol. The Balaban J connectivity index is 0.000000289. The molecule has 0 radical (unpaired) electrons. The second kappa shape index (κ2) is 13.1. The number of amides is 1. The monoisotopic (exact) mass is 371 g/mol. The highest BCUT2D eigenvalue weighted by atomic mass is 16.5. The van der Waals surface area contributed by atoms with Crippen molar-refractivity contribution in [1.29, 1.82) is 0 Å². The summed E-state index contributed by atoms with van der Waals surface area (Å²) in [4.78, 5) is 32.1. The van der Waals surface area contributed by atoms with E-state index in [9.17, 15) is 14.4 Å². The molecule has 0 saturated carbocycles. The molecule has 2 rings (SSSR count). The average Bonchev–Trinajstić information content (AvgIpc) is 2.67. The number of Topliss-reactive ketones (excluding diaryl/α,β-unsaturated/α-hetero) is 1. The van der Waals surface area contributed by atoms with Crippen LogP contribution in [-0.2, 0) is 32.3 Å². The molecule has 2 N–H and O–H groups in total. The van der Waals surface area contributed by atoms with Gasteiger partial charge in [0.1, 0.15) is 19.0 Å². The minimum absolute atomic E-state index is 0.107. The van der Waals surface area contributed by atoms with E-state index in [0.29, 0.717) is 25.9 Å². The molecule has 0 saturated heterocycles. The Bertz CT molecular complexity index is 701. The van der Waals surface area contributed by atoms with Crippen LogP contribution in [0.3, 0.4) is 0 Å². The van der Waals surface area contributed by atoms with Gasteiger partial charge in [-0.3, -0.25) is 4.79 Å². The van der Waals surface area contributed by atoms with E-state index < -0.39 is 6.09 Å². The summed E-state index contributed by atoms with van der Waals surface area (Å²) in [5.74, 6) is -0.138. The molecular formula is C21H25NO5. The minimum Gasteiger partial charge on any atom is -0.461 e. The molecule has 6 heteroatoms. The fourth-order valence-electron chi connectivity index (χ4n) is 2.02. The summed E-state index contributed by atoms with van der Waals surface area (Å²) in [5.41, 5.74) is 6.69. The van der Waals surface area contributed by atoms with Gasteiger partial charge in [-0.15, -0.1) is 0 Å². The predicted molar refractivity (Wildman–Crippen MR) is 102 cm³/mol. The van der Waals surface area contributed by atoms with Gasteiger partial charge in [0, 0.05) is 12.8 Å². The van der Waals surface area contributed by atoms with Crippen molar-refractivity contribution in [2.75, 3.05) is 0 Å². The summed E-state index contributed by atoms with van der Waals surface area (Å²) in [5, 5.41) is 0. The largest absolute Gasteiger partial charge is 0.461 e. The van der Waals surface area contributed by atoms with Crippen LogP contribution in [0, 0.1) is 0 Å². The van der Waals surface area contributed by atoms with Gasteiger partial charge in [0.05, 0.1) is 0 Å². The Kier molecular flexibility index (Phi) is 10.6. The summed E-state index contributed by atoms with van der Waals surface area (Å²) >= 11 is 0. The highest BCUT2D eigenvalue weighted by Crippen LogP contribution is 2.04. The Morgan fingerprint density at radius 2 is 1.26 bits per heavy atom. The predicted octanol–water partition coefficient (Wildman–Crippen LogP) is 3.77. The number of rotatable bonds is 8. The molecule has 0 atom stereocenters. The first-order chi connectivity index (χ1) is 13.0. The third kappa shape index (κ3) is 11.9. The number of hydrogen-bond acceptors (Lipinski definition) is 5. The highest BCUT2D eigenvalue weighted by molar-refractivity contribution is 5.76. The van der Waals surface area contributed by atoms with Gasteiger partial charge in [-0.1, -0.05) is 60.7 Å². The van der Waals surface area contributed by atoms with Crippen LogP contribution in [0.1, 0.15) is 37.3 Å². The topological polar surface area (TPSA) is 95.7 Å². The van der Waals surface area contributed by atoms with Gasteiger partial charge < -0.3 is 20.0 Å². The van der Waals surface area contributed by atoms with Gasteiger partial charge in [-0.2, -0.15) is 0 Å². The second-order valence-electron chi connectivity index (χ2n) is 5.80. The lowest BCUT2D eigenvalue weighted by molar-refractivity contribution is -0.145. The van der Waals surface area contributed by atoms with Gasteiger partial charge in [0.15, 0.2) is 0 Å². The van der Waals surface area contributed by atoms with Crippen molar-refractivity contribution in [3.8, 4) is 0 Å². The molecule has 0 heterocycles. The van der Waals surface area contributed by atoms with Crippen LogP contribution in [0.15, 0.2) is 60.7 Å². The summed E-state index contributed by atoms with van der Waals surface area (Å²) < 4.78 is 9.63. The number of benzene rings is 2. The molecule has 0 aliphatic rings. The number of carbonyl (C=O) groups is 3. The number of esters is 1. The van der Waals surface area contributed by atoms with Crippen molar-refractivity contribution >= 4 is 17.8 Å². The van der Waals surface area contributed by atoms with Crippen LogP contribution in [-0.4, -0.2) is 17.8 Å². The number of ether oxygens (including phenoxy) is 2. The fourth-order valence-corrected chi connectivity index (χ4v) is 2.02. The SMILES string of the molecule is CC(=O)CCCC(=O)OCc1ccccc1.NC(=O)OCc1ccccc1. The smallest absolute Gasteiger partial charge is 0.404 e. The number of ketones is 1. The maximum Gasteiger partial charge on any atom is 0.404 e. The van der Waals surface area contributed by atoms with E-state index >= 15 is 0 Å². The third-order valence-electron chi connectivity index (χ3n) is 3.38. The Morgan fingerprint density at radius 3 is 1.70 bits per heavy atom. The van der Waals surface area contributed by atoms with E-state index in [4.69, 9.17) is 10.5 Å².